The van der Waals surface area contributed by atoms with Crippen LogP contribution < -0.4 is 0 Å². The zero-order valence-corrected chi connectivity index (χ0v) is 17.8. The van der Waals surface area contributed by atoms with Crippen LogP contribution in [-0.4, -0.2) is 17.2 Å². The number of esters is 1. The van der Waals surface area contributed by atoms with Crippen molar-refractivity contribution in [2.45, 2.75) is 77.2 Å². The van der Waals surface area contributed by atoms with Gasteiger partial charge >= 0.3 is 5.97 Å². The molecule has 0 saturated heterocycles. The lowest BCUT2D eigenvalue weighted by atomic mass is 9.75. The van der Waals surface area contributed by atoms with E-state index in [4.69, 9.17) is 9.15 Å². The van der Waals surface area contributed by atoms with Gasteiger partial charge in [-0.25, -0.2) is 4.79 Å². The summed E-state index contributed by atoms with van der Waals surface area (Å²) in [4.78, 5) is 11.5. The van der Waals surface area contributed by atoms with Gasteiger partial charge in [-0.1, -0.05) is 36.0 Å². The summed E-state index contributed by atoms with van der Waals surface area (Å²) < 4.78 is 10.9. The predicted molar refractivity (Wildman–Crippen MR) is 115 cm³/mol. The Bertz CT molecular complexity index is 867. The van der Waals surface area contributed by atoms with Crippen molar-refractivity contribution in [1.82, 2.24) is 0 Å². The molecule has 0 amide bonds. The smallest absolute Gasteiger partial charge is 0.338 e. The minimum atomic E-state index is -0.558. The average molecular weight is 397 g/mol. The van der Waals surface area contributed by atoms with E-state index in [1.165, 1.54) is 17.6 Å². The van der Waals surface area contributed by atoms with Crippen molar-refractivity contribution >= 4 is 5.97 Å². The topological polar surface area (TPSA) is 59.7 Å². The highest BCUT2D eigenvalue weighted by Crippen LogP contribution is 2.39. The Labute approximate surface area is 173 Å². The molecule has 1 aliphatic carbocycles. The van der Waals surface area contributed by atoms with Gasteiger partial charge in [0, 0.05) is 11.8 Å². The van der Waals surface area contributed by atoms with Crippen LogP contribution in [0.2, 0.25) is 0 Å². The van der Waals surface area contributed by atoms with Crippen molar-refractivity contribution in [3.8, 4) is 0 Å². The summed E-state index contributed by atoms with van der Waals surface area (Å²) in [7, 11) is 0. The third-order valence-electron chi connectivity index (χ3n) is 6.07. The SMILES string of the molecule is C=C(CCCC(C)=CC=C[C@]1(C)CCCc2ccoc21)C[C@@H]1OC(=O)C(C)=C1O. The fraction of sp³-hybridized carbons (Fsp3) is 0.480. The Balaban J connectivity index is 1.45. The molecular weight excluding hydrogens is 364 g/mol. The highest BCUT2D eigenvalue weighted by atomic mass is 16.6. The van der Waals surface area contributed by atoms with E-state index in [1.807, 2.05) is 0 Å². The van der Waals surface area contributed by atoms with E-state index < -0.39 is 12.1 Å². The second kappa shape index (κ2) is 8.89. The lowest BCUT2D eigenvalue weighted by Gasteiger charge is -2.29. The molecule has 156 valence electrons. The molecule has 4 nitrogen and oxygen atoms in total. The molecule has 0 spiro atoms. The van der Waals surface area contributed by atoms with Crippen LogP contribution in [0.1, 0.15) is 70.6 Å². The second-order valence-electron chi connectivity index (χ2n) is 8.63. The number of aliphatic hydroxyl groups excluding tert-OH is 1. The van der Waals surface area contributed by atoms with Crippen LogP contribution in [0.25, 0.3) is 0 Å². The van der Waals surface area contributed by atoms with Crippen LogP contribution in [0.4, 0.5) is 0 Å². The number of allylic oxidation sites excluding steroid dienone is 4. The Kier molecular flexibility index (Phi) is 6.51. The van der Waals surface area contributed by atoms with Crippen LogP contribution in [-0.2, 0) is 21.4 Å². The molecule has 2 aliphatic rings. The third-order valence-corrected chi connectivity index (χ3v) is 6.07. The number of ether oxygens (including phenoxy) is 1. The molecule has 4 heteroatoms. The van der Waals surface area contributed by atoms with Gasteiger partial charge in [0.15, 0.2) is 6.10 Å². The van der Waals surface area contributed by atoms with E-state index in [-0.39, 0.29) is 11.2 Å². The number of rotatable bonds is 8. The average Bonchev–Trinajstić information content (AvgIpc) is 3.24. The maximum absolute atomic E-state index is 11.5. The van der Waals surface area contributed by atoms with Crippen LogP contribution in [0, 0.1) is 0 Å². The number of cyclic esters (lactones) is 1. The van der Waals surface area contributed by atoms with Gasteiger partial charge in [-0.3, -0.25) is 0 Å². The molecule has 2 heterocycles. The zero-order valence-electron chi connectivity index (χ0n) is 17.8. The molecule has 0 radical (unpaired) electrons. The lowest BCUT2D eigenvalue weighted by Crippen LogP contribution is -2.23. The normalized spacial score (nSPS) is 24.9. The largest absolute Gasteiger partial charge is 0.508 e. The van der Waals surface area contributed by atoms with Crippen LogP contribution in [0.3, 0.4) is 0 Å². The van der Waals surface area contributed by atoms with E-state index in [9.17, 15) is 9.90 Å². The number of carbonyl (C=O) groups is 1. The first kappa shape index (κ1) is 21.2. The minimum absolute atomic E-state index is 0.0193. The summed E-state index contributed by atoms with van der Waals surface area (Å²) in [5.41, 5.74) is 3.94. The van der Waals surface area contributed by atoms with Gasteiger partial charge in [0.2, 0.25) is 0 Å². The van der Waals surface area contributed by atoms with E-state index in [2.05, 4.69) is 44.7 Å². The number of fused-ring (bicyclic) bond motifs is 1. The van der Waals surface area contributed by atoms with Crippen molar-refractivity contribution in [2.24, 2.45) is 0 Å². The predicted octanol–water partition coefficient (Wildman–Crippen LogP) is 6.25. The number of furan rings is 1. The number of aryl methyl sites for hydroxylation is 1. The molecule has 1 N–H and O–H groups in total. The summed E-state index contributed by atoms with van der Waals surface area (Å²) in [6.07, 6.45) is 14.6. The van der Waals surface area contributed by atoms with Crippen molar-refractivity contribution < 1.29 is 19.1 Å². The van der Waals surface area contributed by atoms with E-state index in [0.29, 0.717) is 12.0 Å². The highest BCUT2D eigenvalue weighted by molar-refractivity contribution is 5.91. The fourth-order valence-electron chi connectivity index (χ4n) is 4.20. The van der Waals surface area contributed by atoms with Gasteiger partial charge in [0.1, 0.15) is 11.5 Å². The molecule has 0 saturated carbocycles. The van der Waals surface area contributed by atoms with E-state index >= 15 is 0 Å². The second-order valence-corrected chi connectivity index (χ2v) is 8.63. The number of hydrogen-bond acceptors (Lipinski definition) is 4. The lowest BCUT2D eigenvalue weighted by molar-refractivity contribution is -0.140. The van der Waals surface area contributed by atoms with Gasteiger partial charge in [0.05, 0.1) is 11.8 Å². The molecular formula is C25H32O4. The zero-order chi connectivity index (χ0) is 21.0. The summed E-state index contributed by atoms with van der Waals surface area (Å²) in [5, 5.41) is 9.93. The summed E-state index contributed by atoms with van der Waals surface area (Å²) in [6, 6.07) is 2.10. The molecule has 0 fully saturated rings. The Morgan fingerprint density at radius 3 is 2.93 bits per heavy atom. The van der Waals surface area contributed by atoms with Crippen molar-refractivity contribution in [2.75, 3.05) is 0 Å². The molecule has 1 aromatic heterocycles. The van der Waals surface area contributed by atoms with E-state index in [0.717, 1.165) is 43.4 Å². The molecule has 1 aliphatic heterocycles. The first-order valence-electron chi connectivity index (χ1n) is 10.5. The summed E-state index contributed by atoms with van der Waals surface area (Å²) >= 11 is 0. The number of carbonyl (C=O) groups excluding carboxylic acids is 1. The van der Waals surface area contributed by atoms with Gasteiger partial charge in [-0.2, -0.15) is 0 Å². The van der Waals surface area contributed by atoms with Gasteiger partial charge in [-0.15, -0.1) is 0 Å². The molecule has 0 unspecified atom stereocenters. The standard InChI is InChI=1S/C25H32O4/c1-17(8-5-9-18(2)16-21-22(26)19(3)24(27)29-21)10-6-13-25(4)14-7-11-20-12-15-28-23(20)25/h6,10,12-13,15,21,26H,2,5,7-9,11,14,16H2,1,3-4H3/t21-,25+/m0/s1. The molecule has 1 aromatic rings. The minimum Gasteiger partial charge on any atom is -0.508 e. The van der Waals surface area contributed by atoms with Crippen LogP contribution in [0.5, 0.6) is 0 Å². The summed E-state index contributed by atoms with van der Waals surface area (Å²) in [6.45, 7) is 10.1. The Hall–Kier alpha value is -2.49. The molecule has 0 bridgehead atoms. The maximum Gasteiger partial charge on any atom is 0.338 e. The Morgan fingerprint density at radius 2 is 2.21 bits per heavy atom. The van der Waals surface area contributed by atoms with Crippen molar-refractivity contribution in [1.29, 1.82) is 0 Å². The number of hydrogen-bond donors (Lipinski definition) is 1. The monoisotopic (exact) mass is 396 g/mol. The number of aliphatic hydroxyl groups is 1. The van der Waals surface area contributed by atoms with E-state index in [1.54, 1.807) is 13.2 Å². The van der Waals surface area contributed by atoms with Crippen molar-refractivity contribution in [3.63, 3.8) is 0 Å². The summed E-state index contributed by atoms with van der Waals surface area (Å²) in [5.74, 6) is 0.731. The molecule has 3 rings (SSSR count). The first-order valence-corrected chi connectivity index (χ1v) is 10.5. The highest BCUT2D eigenvalue weighted by Gasteiger charge is 2.33. The van der Waals surface area contributed by atoms with Gasteiger partial charge in [-0.05, 0) is 70.9 Å². The van der Waals surface area contributed by atoms with Crippen molar-refractivity contribution in [3.05, 3.63) is 70.9 Å². The first-order chi connectivity index (χ1) is 13.8. The fourth-order valence-corrected chi connectivity index (χ4v) is 4.20. The quantitative estimate of drug-likeness (QED) is 0.320. The van der Waals surface area contributed by atoms with Gasteiger partial charge < -0.3 is 14.3 Å². The maximum atomic E-state index is 11.5. The molecule has 0 aromatic carbocycles. The molecule has 29 heavy (non-hydrogen) atoms. The van der Waals surface area contributed by atoms with Gasteiger partial charge in [0.25, 0.3) is 0 Å². The third kappa shape index (κ3) is 4.92. The Morgan fingerprint density at radius 1 is 1.41 bits per heavy atom. The van der Waals surface area contributed by atoms with Crippen LogP contribution >= 0.6 is 0 Å². The molecule has 2 atom stereocenters. The van der Waals surface area contributed by atoms with Crippen LogP contribution in [0.15, 0.2) is 64.0 Å².